The molecule has 0 fully saturated rings. The smallest absolute Gasteiger partial charge is 0.327 e. The molecule has 10 nitrogen and oxygen atoms in total. The highest BCUT2D eigenvalue weighted by molar-refractivity contribution is 7.80. The molecule has 0 aliphatic carbocycles. The number of aliphatic hydroxyl groups excluding tert-OH is 1. The van der Waals surface area contributed by atoms with E-state index in [2.05, 4.69) is 28.6 Å². The molecule has 0 aliphatic rings. The maximum atomic E-state index is 12.9. The number of carboxylic acids is 1. The van der Waals surface area contributed by atoms with Crippen molar-refractivity contribution in [2.45, 2.75) is 50.9 Å². The average Bonchev–Trinajstić information content (AvgIpc) is 2.74. The van der Waals surface area contributed by atoms with Crippen LogP contribution in [0.4, 0.5) is 0 Å². The highest BCUT2D eigenvalue weighted by Gasteiger charge is 2.30. The minimum Gasteiger partial charge on any atom is -0.480 e. The van der Waals surface area contributed by atoms with Gasteiger partial charge in [0.25, 0.3) is 0 Å². The van der Waals surface area contributed by atoms with Gasteiger partial charge in [0.1, 0.15) is 18.1 Å². The Morgan fingerprint density at radius 2 is 1.47 bits per heavy atom. The van der Waals surface area contributed by atoms with Gasteiger partial charge in [0.2, 0.25) is 17.7 Å². The van der Waals surface area contributed by atoms with Crippen LogP contribution in [-0.4, -0.2) is 70.4 Å². The first kappa shape index (κ1) is 27.4. The summed E-state index contributed by atoms with van der Waals surface area (Å²) in [4.78, 5) is 48.8. The van der Waals surface area contributed by atoms with Crippen LogP contribution in [0.5, 0.6) is 0 Å². The summed E-state index contributed by atoms with van der Waals surface area (Å²) in [5.41, 5.74) is 6.68. The van der Waals surface area contributed by atoms with E-state index in [9.17, 15) is 24.3 Å². The molecule has 0 aliphatic heterocycles. The number of hydrogen-bond donors (Lipinski definition) is 7. The number of carboxylic acid groups (broad SMARTS) is 1. The second-order valence-corrected chi connectivity index (χ2v) is 8.18. The Balaban J connectivity index is 2.96. The van der Waals surface area contributed by atoms with Gasteiger partial charge in [-0.3, -0.25) is 14.4 Å². The number of aliphatic carboxylic acids is 1. The van der Waals surface area contributed by atoms with E-state index >= 15 is 0 Å². The number of nitrogens with one attached hydrogen (secondary N) is 3. The number of aliphatic hydroxyl groups is 1. The maximum Gasteiger partial charge on any atom is 0.327 e. The summed E-state index contributed by atoms with van der Waals surface area (Å²) in [6, 6.07) is 4.35. The minimum absolute atomic E-state index is 0.126. The summed E-state index contributed by atoms with van der Waals surface area (Å²) >= 11 is 3.86. The topological polar surface area (TPSA) is 171 Å². The van der Waals surface area contributed by atoms with E-state index in [1.54, 1.807) is 24.3 Å². The zero-order valence-electron chi connectivity index (χ0n) is 18.2. The lowest BCUT2D eigenvalue weighted by Crippen LogP contribution is -2.58. The van der Waals surface area contributed by atoms with Crippen molar-refractivity contribution in [1.82, 2.24) is 16.0 Å². The predicted molar refractivity (Wildman–Crippen MR) is 122 cm³/mol. The van der Waals surface area contributed by atoms with Crippen LogP contribution < -0.4 is 21.7 Å². The summed E-state index contributed by atoms with van der Waals surface area (Å²) in [7, 11) is 0. The highest BCUT2D eigenvalue weighted by Crippen LogP contribution is 2.07. The lowest BCUT2D eigenvalue weighted by atomic mass is 10.0. The molecule has 0 heterocycles. The molecule has 4 unspecified atom stereocenters. The van der Waals surface area contributed by atoms with E-state index in [-0.39, 0.29) is 18.1 Å². The maximum absolute atomic E-state index is 12.9. The van der Waals surface area contributed by atoms with Crippen LogP contribution in [-0.2, 0) is 25.6 Å². The number of carbonyl (C=O) groups is 4. The third kappa shape index (κ3) is 9.25. The van der Waals surface area contributed by atoms with Gasteiger partial charge in [0.05, 0.1) is 12.6 Å². The van der Waals surface area contributed by atoms with Crippen LogP contribution in [0, 0.1) is 5.92 Å². The molecule has 3 amide bonds. The van der Waals surface area contributed by atoms with Crippen LogP contribution in [0.3, 0.4) is 0 Å². The Hall–Kier alpha value is -2.63. The van der Waals surface area contributed by atoms with Crippen molar-refractivity contribution in [2.75, 3.05) is 12.4 Å². The lowest BCUT2D eigenvalue weighted by molar-refractivity contribution is -0.142. The predicted octanol–water partition coefficient (Wildman–Crippen LogP) is -0.936. The first-order valence-electron chi connectivity index (χ1n) is 10.2. The largest absolute Gasteiger partial charge is 0.480 e. The number of benzene rings is 1. The standard InChI is InChI=1S/C21H32N4O6S/c1-12(2)8-14(22)18(27)23-15(9-13-6-4-3-5-7-13)19(28)24-16(10-26)20(29)25-17(11-32)21(30)31/h3-7,12,14-17,26,32H,8-11,22H2,1-2H3,(H,23,27)(H,24,28)(H,25,29)(H,30,31). The van der Waals surface area contributed by atoms with Crippen molar-refractivity contribution in [3.8, 4) is 0 Å². The van der Waals surface area contributed by atoms with Gasteiger partial charge >= 0.3 is 5.97 Å². The molecule has 1 rings (SSSR count). The zero-order valence-corrected chi connectivity index (χ0v) is 19.0. The zero-order chi connectivity index (χ0) is 24.3. The SMILES string of the molecule is CC(C)CC(N)C(=O)NC(Cc1ccccc1)C(=O)NC(CO)C(=O)NC(CS)C(=O)O. The van der Waals surface area contributed by atoms with E-state index in [0.717, 1.165) is 5.56 Å². The molecule has 178 valence electrons. The number of hydrogen-bond acceptors (Lipinski definition) is 7. The molecular weight excluding hydrogens is 436 g/mol. The molecule has 32 heavy (non-hydrogen) atoms. The van der Waals surface area contributed by atoms with Crippen molar-refractivity contribution < 1.29 is 29.4 Å². The second kappa shape index (κ2) is 13.7. The van der Waals surface area contributed by atoms with Crippen LogP contribution >= 0.6 is 12.6 Å². The van der Waals surface area contributed by atoms with Crippen LogP contribution in [0.2, 0.25) is 0 Å². The first-order valence-corrected chi connectivity index (χ1v) is 10.9. The Morgan fingerprint density at radius 1 is 0.938 bits per heavy atom. The quantitative estimate of drug-likeness (QED) is 0.183. The molecule has 0 bridgehead atoms. The van der Waals surface area contributed by atoms with Gasteiger partial charge in [-0.15, -0.1) is 0 Å². The number of amides is 3. The summed E-state index contributed by atoms with van der Waals surface area (Å²) in [6.07, 6.45) is 0.550. The molecule has 0 radical (unpaired) electrons. The monoisotopic (exact) mass is 468 g/mol. The number of rotatable bonds is 13. The highest BCUT2D eigenvalue weighted by atomic mass is 32.1. The lowest BCUT2D eigenvalue weighted by Gasteiger charge is -2.24. The Morgan fingerprint density at radius 3 is 1.97 bits per heavy atom. The fraction of sp³-hybridized carbons (Fsp3) is 0.524. The first-order chi connectivity index (χ1) is 15.1. The van der Waals surface area contributed by atoms with Crippen molar-refractivity contribution in [2.24, 2.45) is 11.7 Å². The summed E-state index contributed by atoms with van der Waals surface area (Å²) in [6.45, 7) is 3.07. The molecule has 0 saturated heterocycles. The summed E-state index contributed by atoms with van der Waals surface area (Å²) in [5, 5.41) is 25.8. The average molecular weight is 469 g/mol. The van der Waals surface area contributed by atoms with Gasteiger partial charge in [-0.25, -0.2) is 4.79 Å². The Kier molecular flexibility index (Phi) is 11.7. The fourth-order valence-electron chi connectivity index (χ4n) is 2.88. The third-order valence-corrected chi connectivity index (χ3v) is 4.96. The molecule has 0 spiro atoms. The number of carbonyl (C=O) groups excluding carboxylic acids is 3. The van der Waals surface area contributed by atoms with Gasteiger partial charge in [-0.2, -0.15) is 12.6 Å². The third-order valence-electron chi connectivity index (χ3n) is 4.59. The summed E-state index contributed by atoms with van der Waals surface area (Å²) in [5.74, 6) is -3.42. The van der Waals surface area contributed by atoms with Crippen molar-refractivity contribution in [3.05, 3.63) is 35.9 Å². The molecular formula is C21H32N4O6S. The molecule has 1 aromatic rings. The Bertz CT molecular complexity index is 777. The van der Waals surface area contributed by atoms with Gasteiger partial charge in [-0.05, 0) is 17.9 Å². The van der Waals surface area contributed by atoms with Crippen molar-refractivity contribution in [3.63, 3.8) is 0 Å². The number of thiol groups is 1. The van der Waals surface area contributed by atoms with E-state index in [0.29, 0.717) is 6.42 Å². The van der Waals surface area contributed by atoms with Crippen LogP contribution in [0.25, 0.3) is 0 Å². The molecule has 4 atom stereocenters. The molecule has 7 N–H and O–H groups in total. The van der Waals surface area contributed by atoms with Crippen LogP contribution in [0.15, 0.2) is 30.3 Å². The minimum atomic E-state index is -1.41. The summed E-state index contributed by atoms with van der Waals surface area (Å²) < 4.78 is 0. The molecule has 0 aromatic heterocycles. The van der Waals surface area contributed by atoms with Gasteiger partial charge in [0, 0.05) is 12.2 Å². The number of nitrogens with two attached hydrogens (primary N) is 1. The molecule has 1 aromatic carbocycles. The Labute approximate surface area is 192 Å². The molecule has 11 heteroatoms. The van der Waals surface area contributed by atoms with Gasteiger partial charge < -0.3 is 31.9 Å². The van der Waals surface area contributed by atoms with Gasteiger partial charge in [-0.1, -0.05) is 44.2 Å². The van der Waals surface area contributed by atoms with E-state index in [4.69, 9.17) is 10.8 Å². The molecule has 0 saturated carbocycles. The van der Waals surface area contributed by atoms with Crippen molar-refractivity contribution in [1.29, 1.82) is 0 Å². The van der Waals surface area contributed by atoms with E-state index in [1.165, 1.54) is 0 Å². The van der Waals surface area contributed by atoms with E-state index in [1.807, 2.05) is 19.9 Å². The fourth-order valence-corrected chi connectivity index (χ4v) is 3.12. The van der Waals surface area contributed by atoms with E-state index < -0.39 is 54.5 Å². The normalized spacial score (nSPS) is 14.7. The van der Waals surface area contributed by atoms with Gasteiger partial charge in [0.15, 0.2) is 0 Å². The van der Waals surface area contributed by atoms with Crippen molar-refractivity contribution >= 4 is 36.3 Å². The van der Waals surface area contributed by atoms with Crippen LogP contribution in [0.1, 0.15) is 25.8 Å². The second-order valence-electron chi connectivity index (χ2n) is 7.81.